The van der Waals surface area contributed by atoms with E-state index in [-0.39, 0.29) is 27.8 Å². The highest BCUT2D eigenvalue weighted by Gasteiger charge is 2.17. The van der Waals surface area contributed by atoms with Crippen molar-refractivity contribution in [3.8, 4) is 5.75 Å². The summed E-state index contributed by atoms with van der Waals surface area (Å²) in [7, 11) is 1.57. The number of nitrogens with two attached hydrogens (primary N) is 1. The number of amidine groups is 1. The van der Waals surface area contributed by atoms with Gasteiger partial charge in [0.15, 0.2) is 17.5 Å². The smallest absolute Gasteiger partial charge is 0.231 e. The van der Waals surface area contributed by atoms with Gasteiger partial charge in [-0.3, -0.25) is 10.7 Å². The first kappa shape index (κ1) is 20.2. The third-order valence-electron chi connectivity index (χ3n) is 3.53. The molecule has 0 spiro atoms. The third kappa shape index (κ3) is 5.06. The SMILES string of the molecule is COc1ccc(NC(N)=Nc2nonc2C(=Nc2ccc(F)c(Br)c2)NO)cc1. The summed E-state index contributed by atoms with van der Waals surface area (Å²) in [5.74, 6) is 0.0734. The second-order valence-corrected chi connectivity index (χ2v) is 6.31. The summed E-state index contributed by atoms with van der Waals surface area (Å²) in [4.78, 5) is 8.23. The van der Waals surface area contributed by atoms with Crippen molar-refractivity contribution in [1.29, 1.82) is 0 Å². The molecule has 29 heavy (non-hydrogen) atoms. The minimum atomic E-state index is -0.451. The van der Waals surface area contributed by atoms with Crippen LogP contribution in [0, 0.1) is 5.82 Å². The summed E-state index contributed by atoms with van der Waals surface area (Å²) >= 11 is 3.07. The van der Waals surface area contributed by atoms with Crippen LogP contribution in [0.5, 0.6) is 5.75 Å². The molecule has 0 saturated carbocycles. The van der Waals surface area contributed by atoms with Gasteiger partial charge in [-0.2, -0.15) is 4.99 Å². The Labute approximate surface area is 172 Å². The van der Waals surface area contributed by atoms with Gasteiger partial charge in [-0.25, -0.2) is 14.0 Å². The maximum Gasteiger partial charge on any atom is 0.231 e. The van der Waals surface area contributed by atoms with Gasteiger partial charge in [-0.15, -0.1) is 0 Å². The normalized spacial score (nSPS) is 12.0. The average Bonchev–Trinajstić information content (AvgIpc) is 3.17. The van der Waals surface area contributed by atoms with Crippen molar-refractivity contribution in [3.05, 3.63) is 58.4 Å². The molecule has 0 unspecified atom stereocenters. The van der Waals surface area contributed by atoms with Crippen molar-refractivity contribution < 1.29 is 19.0 Å². The minimum absolute atomic E-state index is 0.00562. The van der Waals surface area contributed by atoms with Crippen LogP contribution in [0.25, 0.3) is 0 Å². The third-order valence-corrected chi connectivity index (χ3v) is 4.14. The van der Waals surface area contributed by atoms with Gasteiger partial charge in [0.25, 0.3) is 0 Å². The molecule has 0 amide bonds. The number of halogens is 2. The lowest BCUT2D eigenvalue weighted by Gasteiger charge is -2.06. The maximum atomic E-state index is 13.4. The van der Waals surface area contributed by atoms with E-state index in [1.165, 1.54) is 18.2 Å². The molecule has 10 nitrogen and oxygen atoms in total. The van der Waals surface area contributed by atoms with Crippen molar-refractivity contribution in [2.24, 2.45) is 15.7 Å². The number of nitrogens with zero attached hydrogens (tertiary/aromatic N) is 4. The van der Waals surface area contributed by atoms with E-state index in [0.717, 1.165) is 0 Å². The number of guanidine groups is 1. The molecule has 12 heteroatoms. The lowest BCUT2D eigenvalue weighted by atomic mass is 10.3. The fourth-order valence-corrected chi connectivity index (χ4v) is 2.55. The first-order valence-corrected chi connectivity index (χ1v) is 8.81. The van der Waals surface area contributed by atoms with Gasteiger partial charge in [0.1, 0.15) is 11.6 Å². The predicted octanol–water partition coefficient (Wildman–Crippen LogP) is 3.10. The van der Waals surface area contributed by atoms with Gasteiger partial charge in [0.05, 0.1) is 17.3 Å². The van der Waals surface area contributed by atoms with Crippen molar-refractivity contribution >= 4 is 44.9 Å². The van der Waals surface area contributed by atoms with Crippen LogP contribution < -0.4 is 21.3 Å². The molecule has 5 N–H and O–H groups in total. The molecule has 0 bridgehead atoms. The Kier molecular flexibility index (Phi) is 6.36. The molecule has 0 fully saturated rings. The van der Waals surface area contributed by atoms with E-state index >= 15 is 0 Å². The fraction of sp³-hybridized carbons (Fsp3) is 0.0588. The monoisotopic (exact) mass is 463 g/mol. The van der Waals surface area contributed by atoms with E-state index in [1.807, 2.05) is 5.48 Å². The predicted molar refractivity (Wildman–Crippen MR) is 107 cm³/mol. The van der Waals surface area contributed by atoms with Crippen LogP contribution in [-0.2, 0) is 0 Å². The Morgan fingerprint density at radius 3 is 2.62 bits per heavy atom. The summed E-state index contributed by atoms with van der Waals surface area (Å²) in [6, 6.07) is 11.0. The molecule has 3 rings (SSSR count). The van der Waals surface area contributed by atoms with Crippen LogP contribution >= 0.6 is 15.9 Å². The molecule has 0 atom stereocenters. The van der Waals surface area contributed by atoms with Crippen LogP contribution in [0.1, 0.15) is 5.69 Å². The van der Waals surface area contributed by atoms with Gasteiger partial charge < -0.3 is 15.8 Å². The molecule has 1 heterocycles. The first-order valence-electron chi connectivity index (χ1n) is 8.02. The Bertz CT molecular complexity index is 1050. The van der Waals surface area contributed by atoms with E-state index in [9.17, 15) is 9.60 Å². The zero-order valence-electron chi connectivity index (χ0n) is 14.9. The Morgan fingerprint density at radius 2 is 1.97 bits per heavy atom. The number of aromatic nitrogens is 2. The molecule has 2 aromatic carbocycles. The van der Waals surface area contributed by atoms with Gasteiger partial charge >= 0.3 is 0 Å². The van der Waals surface area contributed by atoms with Crippen molar-refractivity contribution in [1.82, 2.24) is 15.8 Å². The minimum Gasteiger partial charge on any atom is -0.497 e. The fourth-order valence-electron chi connectivity index (χ4n) is 2.19. The van der Waals surface area contributed by atoms with Crippen molar-refractivity contribution in [2.75, 3.05) is 12.4 Å². The number of benzene rings is 2. The van der Waals surface area contributed by atoms with Crippen molar-refractivity contribution in [2.45, 2.75) is 0 Å². The number of anilines is 1. The number of hydrogen-bond acceptors (Lipinski definition) is 7. The number of hydroxylamine groups is 1. The molecule has 0 aliphatic rings. The van der Waals surface area contributed by atoms with E-state index in [0.29, 0.717) is 17.1 Å². The van der Waals surface area contributed by atoms with Crippen LogP contribution in [0.3, 0.4) is 0 Å². The summed E-state index contributed by atoms with van der Waals surface area (Å²) in [6.45, 7) is 0. The lowest BCUT2D eigenvalue weighted by Crippen LogP contribution is -2.23. The van der Waals surface area contributed by atoms with E-state index in [4.69, 9.17) is 10.5 Å². The van der Waals surface area contributed by atoms with Crippen LogP contribution in [-0.4, -0.2) is 34.4 Å². The Balaban J connectivity index is 1.84. The zero-order chi connectivity index (χ0) is 20.8. The zero-order valence-corrected chi connectivity index (χ0v) is 16.5. The van der Waals surface area contributed by atoms with Crippen LogP contribution in [0.4, 0.5) is 21.6 Å². The maximum absolute atomic E-state index is 13.4. The average molecular weight is 464 g/mol. The van der Waals surface area contributed by atoms with E-state index in [2.05, 4.69) is 46.2 Å². The number of nitrogens with one attached hydrogen (secondary N) is 2. The summed E-state index contributed by atoms with van der Waals surface area (Å²) < 4.78 is 23.4. The van der Waals surface area contributed by atoms with Crippen LogP contribution in [0.2, 0.25) is 0 Å². The quantitative estimate of drug-likeness (QED) is 0.256. The standard InChI is InChI=1S/C17H15BrFN7O3/c1-28-11-5-2-9(3-6-11)22-17(20)23-16-14(25-29-26-16)15(24-27)21-10-4-7-13(19)12(18)8-10/h2-8,27H,1H3,(H,21,24)(H3,20,22,23,26). The number of ether oxygens (including phenoxy) is 1. The number of rotatable bonds is 5. The lowest BCUT2D eigenvalue weighted by molar-refractivity contribution is 0.234. The molecular formula is C17H15BrFN7O3. The highest BCUT2D eigenvalue weighted by Crippen LogP contribution is 2.24. The van der Waals surface area contributed by atoms with E-state index in [1.54, 1.807) is 31.4 Å². The Morgan fingerprint density at radius 1 is 1.21 bits per heavy atom. The Hall–Kier alpha value is -3.51. The summed E-state index contributed by atoms with van der Waals surface area (Å²) in [5.41, 5.74) is 8.78. The molecular weight excluding hydrogens is 449 g/mol. The van der Waals surface area contributed by atoms with Gasteiger partial charge in [-0.1, -0.05) is 0 Å². The number of methoxy groups -OCH3 is 1. The molecule has 3 aromatic rings. The largest absolute Gasteiger partial charge is 0.497 e. The van der Waals surface area contributed by atoms with E-state index < -0.39 is 5.82 Å². The molecule has 0 aliphatic carbocycles. The molecule has 1 aromatic heterocycles. The number of hydrogen-bond donors (Lipinski definition) is 4. The van der Waals surface area contributed by atoms with Gasteiger partial charge in [-0.05, 0) is 68.7 Å². The highest BCUT2D eigenvalue weighted by molar-refractivity contribution is 9.10. The summed E-state index contributed by atoms with van der Waals surface area (Å²) in [6.07, 6.45) is 0. The topological polar surface area (TPSA) is 143 Å². The highest BCUT2D eigenvalue weighted by atomic mass is 79.9. The molecule has 0 radical (unpaired) electrons. The first-order chi connectivity index (χ1) is 14.0. The summed E-state index contributed by atoms with van der Waals surface area (Å²) in [5, 5.41) is 19.6. The van der Waals surface area contributed by atoms with Crippen LogP contribution in [0.15, 0.2) is 61.6 Å². The van der Waals surface area contributed by atoms with Crippen molar-refractivity contribution in [3.63, 3.8) is 0 Å². The van der Waals surface area contributed by atoms with Gasteiger partial charge in [0, 0.05) is 5.69 Å². The second-order valence-electron chi connectivity index (χ2n) is 5.46. The second kappa shape index (κ2) is 9.12. The molecule has 0 aliphatic heterocycles. The molecule has 150 valence electrons. The number of aliphatic imine (C=N–C) groups is 2. The molecule has 0 saturated heterocycles. The van der Waals surface area contributed by atoms with Gasteiger partial charge in [0.2, 0.25) is 5.82 Å².